The predicted octanol–water partition coefficient (Wildman–Crippen LogP) is 6.00. The molecule has 0 saturated heterocycles. The number of aromatic nitrogens is 3. The zero-order chi connectivity index (χ0) is 21.4. The smallest absolute Gasteiger partial charge is 0.187 e. The number of ether oxygens (including phenoxy) is 1. The second kappa shape index (κ2) is 8.15. The molecule has 0 spiro atoms. The van der Waals surface area contributed by atoms with Crippen LogP contribution >= 0.6 is 11.3 Å². The van der Waals surface area contributed by atoms with E-state index < -0.39 is 0 Å². The number of anilines is 2. The van der Waals surface area contributed by atoms with Gasteiger partial charge in [-0.2, -0.15) is 0 Å². The average molecular weight is 435 g/mol. The van der Waals surface area contributed by atoms with E-state index in [1.54, 1.807) is 24.8 Å². The minimum atomic E-state index is -0.205. The van der Waals surface area contributed by atoms with Crippen molar-refractivity contribution in [3.63, 3.8) is 0 Å². The van der Waals surface area contributed by atoms with E-state index in [-0.39, 0.29) is 11.7 Å². The Bertz CT molecular complexity index is 1210. The van der Waals surface area contributed by atoms with Crippen LogP contribution in [0.25, 0.3) is 5.69 Å². The summed E-state index contributed by atoms with van der Waals surface area (Å²) < 4.78 is 20.9. The van der Waals surface area contributed by atoms with E-state index in [0.717, 1.165) is 58.5 Å². The summed E-state index contributed by atoms with van der Waals surface area (Å²) in [7, 11) is 1.67. The maximum absolute atomic E-state index is 13.4. The Labute approximate surface area is 184 Å². The van der Waals surface area contributed by atoms with E-state index in [1.165, 1.54) is 17.0 Å². The van der Waals surface area contributed by atoms with Gasteiger partial charge in [0.05, 0.1) is 30.5 Å². The molecule has 0 unspecified atom stereocenters. The molecule has 1 aliphatic rings. The Hall–Kier alpha value is -3.19. The fourth-order valence-electron chi connectivity index (χ4n) is 4.14. The maximum Gasteiger partial charge on any atom is 0.187 e. The molecule has 5 rings (SSSR count). The van der Waals surface area contributed by atoms with Crippen molar-refractivity contribution in [3.8, 4) is 11.4 Å². The lowest BCUT2D eigenvalue weighted by Crippen LogP contribution is -2.10. The number of halogens is 1. The van der Waals surface area contributed by atoms with Crippen molar-refractivity contribution in [1.29, 1.82) is 0 Å². The van der Waals surface area contributed by atoms with Gasteiger partial charge in [0.2, 0.25) is 0 Å². The van der Waals surface area contributed by atoms with Crippen LogP contribution in [-0.4, -0.2) is 21.6 Å². The van der Waals surface area contributed by atoms with Crippen molar-refractivity contribution < 1.29 is 9.13 Å². The number of methoxy groups -OCH3 is 1. The number of thiazole rings is 1. The number of imidazole rings is 1. The summed E-state index contributed by atoms with van der Waals surface area (Å²) in [5, 5.41) is 4.31. The highest BCUT2D eigenvalue weighted by Gasteiger charge is 2.26. The Balaban J connectivity index is 1.42. The Morgan fingerprint density at radius 2 is 2.03 bits per heavy atom. The highest BCUT2D eigenvalue weighted by molar-refractivity contribution is 7.15. The maximum atomic E-state index is 13.4. The Morgan fingerprint density at radius 3 is 2.77 bits per heavy atom. The number of benzene rings is 2. The van der Waals surface area contributed by atoms with Crippen molar-refractivity contribution in [3.05, 3.63) is 82.6 Å². The predicted molar refractivity (Wildman–Crippen MR) is 121 cm³/mol. The second-order valence-electron chi connectivity index (χ2n) is 7.76. The molecule has 7 heteroatoms. The first kappa shape index (κ1) is 19.8. The van der Waals surface area contributed by atoms with E-state index in [1.807, 2.05) is 48.0 Å². The first-order chi connectivity index (χ1) is 15.1. The van der Waals surface area contributed by atoms with Gasteiger partial charge < -0.3 is 14.6 Å². The SMILES string of the molecule is COc1cc(Nc2nc3c(s2)CCC[C@H]3c2ccc(F)cc2)ccc1-n1cnc(C)c1. The lowest BCUT2D eigenvalue weighted by molar-refractivity contribution is 0.413. The normalized spacial score (nSPS) is 15.5. The molecule has 2 heterocycles. The topological polar surface area (TPSA) is 52.0 Å². The van der Waals surface area contributed by atoms with Crippen LogP contribution < -0.4 is 10.1 Å². The number of hydrogen-bond donors (Lipinski definition) is 1. The summed E-state index contributed by atoms with van der Waals surface area (Å²) in [4.78, 5) is 10.5. The van der Waals surface area contributed by atoms with Gasteiger partial charge in [-0.1, -0.05) is 12.1 Å². The third-order valence-corrected chi connectivity index (χ3v) is 6.69. The monoisotopic (exact) mass is 434 g/mol. The van der Waals surface area contributed by atoms with Crippen LogP contribution in [0.2, 0.25) is 0 Å². The van der Waals surface area contributed by atoms with Crippen molar-refractivity contribution >= 4 is 22.2 Å². The molecule has 1 atom stereocenters. The van der Waals surface area contributed by atoms with Crippen LogP contribution in [0.4, 0.5) is 15.2 Å². The largest absolute Gasteiger partial charge is 0.494 e. The molecule has 2 aromatic heterocycles. The molecule has 31 heavy (non-hydrogen) atoms. The van der Waals surface area contributed by atoms with Crippen LogP contribution in [-0.2, 0) is 6.42 Å². The zero-order valence-electron chi connectivity index (χ0n) is 17.4. The number of nitrogens with one attached hydrogen (secondary N) is 1. The van der Waals surface area contributed by atoms with E-state index in [0.29, 0.717) is 0 Å². The highest BCUT2D eigenvalue weighted by atomic mass is 32.1. The molecule has 4 aromatic rings. The fraction of sp³-hybridized carbons (Fsp3) is 0.250. The third-order valence-electron chi connectivity index (χ3n) is 5.65. The summed E-state index contributed by atoms with van der Waals surface area (Å²) in [5.41, 5.74) is 5.04. The average Bonchev–Trinajstić information content (AvgIpc) is 3.39. The number of aryl methyl sites for hydroxylation is 2. The van der Waals surface area contributed by atoms with Gasteiger partial charge in [0.1, 0.15) is 11.6 Å². The van der Waals surface area contributed by atoms with Crippen molar-refractivity contribution in [2.45, 2.75) is 32.1 Å². The van der Waals surface area contributed by atoms with Gasteiger partial charge in [-0.3, -0.25) is 0 Å². The van der Waals surface area contributed by atoms with Gasteiger partial charge in [0, 0.05) is 28.7 Å². The number of rotatable bonds is 5. The molecule has 0 fully saturated rings. The van der Waals surface area contributed by atoms with Gasteiger partial charge in [-0.15, -0.1) is 11.3 Å². The van der Waals surface area contributed by atoms with Crippen LogP contribution in [0.5, 0.6) is 5.75 Å². The summed E-state index contributed by atoms with van der Waals surface area (Å²) in [6.07, 6.45) is 6.94. The Morgan fingerprint density at radius 1 is 1.19 bits per heavy atom. The number of hydrogen-bond acceptors (Lipinski definition) is 5. The lowest BCUT2D eigenvalue weighted by Gasteiger charge is -2.21. The molecule has 2 aromatic carbocycles. The summed E-state index contributed by atoms with van der Waals surface area (Å²) >= 11 is 1.70. The Kier molecular flexibility index (Phi) is 5.19. The zero-order valence-corrected chi connectivity index (χ0v) is 18.2. The van der Waals surface area contributed by atoms with E-state index in [4.69, 9.17) is 9.72 Å². The molecule has 0 radical (unpaired) electrons. The van der Waals surface area contributed by atoms with Gasteiger partial charge in [0.25, 0.3) is 0 Å². The van der Waals surface area contributed by atoms with Crippen molar-refractivity contribution in [2.24, 2.45) is 0 Å². The standard InChI is InChI=1S/C24H23FN4OS/c1-15-13-29(14-26-15)20-11-10-18(12-21(20)30-2)27-24-28-23-19(4-3-5-22(23)31-24)16-6-8-17(25)9-7-16/h6-14,19H,3-5H2,1-2H3,(H,27,28)/t19-/m0/s1. The van der Waals surface area contributed by atoms with Crippen LogP contribution in [0.15, 0.2) is 55.0 Å². The molecular formula is C24H23FN4OS. The molecule has 5 nitrogen and oxygen atoms in total. The van der Waals surface area contributed by atoms with Gasteiger partial charge in [-0.05, 0) is 56.0 Å². The number of fused-ring (bicyclic) bond motifs is 1. The van der Waals surface area contributed by atoms with Crippen LogP contribution in [0, 0.1) is 12.7 Å². The molecule has 1 aliphatic carbocycles. The van der Waals surface area contributed by atoms with Gasteiger partial charge in [0.15, 0.2) is 5.13 Å². The second-order valence-corrected chi connectivity index (χ2v) is 8.84. The first-order valence-electron chi connectivity index (χ1n) is 10.3. The summed E-state index contributed by atoms with van der Waals surface area (Å²) in [6, 6.07) is 12.8. The summed E-state index contributed by atoms with van der Waals surface area (Å²) in [5.74, 6) is 0.772. The molecule has 0 bridgehead atoms. The van der Waals surface area contributed by atoms with Gasteiger partial charge >= 0.3 is 0 Å². The van der Waals surface area contributed by atoms with Crippen LogP contribution in [0.3, 0.4) is 0 Å². The quantitative estimate of drug-likeness (QED) is 0.419. The fourth-order valence-corrected chi connectivity index (χ4v) is 5.22. The van der Waals surface area contributed by atoms with E-state index in [2.05, 4.69) is 10.3 Å². The third kappa shape index (κ3) is 3.93. The first-order valence-corrected chi connectivity index (χ1v) is 11.1. The summed E-state index contributed by atoms with van der Waals surface area (Å²) in [6.45, 7) is 1.96. The van der Waals surface area contributed by atoms with Crippen molar-refractivity contribution in [1.82, 2.24) is 14.5 Å². The van der Waals surface area contributed by atoms with Crippen molar-refractivity contribution in [2.75, 3.05) is 12.4 Å². The minimum absolute atomic E-state index is 0.205. The molecular weight excluding hydrogens is 411 g/mol. The highest BCUT2D eigenvalue weighted by Crippen LogP contribution is 2.41. The molecule has 0 aliphatic heterocycles. The van der Waals surface area contributed by atoms with E-state index in [9.17, 15) is 4.39 Å². The van der Waals surface area contributed by atoms with Crippen LogP contribution in [0.1, 0.15) is 40.6 Å². The van der Waals surface area contributed by atoms with Gasteiger partial charge in [-0.25, -0.2) is 14.4 Å². The lowest BCUT2D eigenvalue weighted by atomic mass is 9.85. The minimum Gasteiger partial charge on any atom is -0.494 e. The molecule has 0 saturated carbocycles. The van der Waals surface area contributed by atoms with E-state index >= 15 is 0 Å². The number of nitrogens with zero attached hydrogens (tertiary/aromatic N) is 3. The molecule has 158 valence electrons. The molecule has 0 amide bonds. The molecule has 1 N–H and O–H groups in total.